The van der Waals surface area contributed by atoms with E-state index >= 15 is 0 Å². The molecule has 4 heterocycles. The predicted molar refractivity (Wildman–Crippen MR) is 134 cm³/mol. The van der Waals surface area contributed by atoms with Crippen LogP contribution in [0.3, 0.4) is 0 Å². The maximum absolute atomic E-state index is 9.09. The van der Waals surface area contributed by atoms with Crippen molar-refractivity contribution in [3.05, 3.63) is 44.9 Å². The summed E-state index contributed by atoms with van der Waals surface area (Å²) in [6.45, 7) is 5.24. The molecule has 10 heteroatoms. The van der Waals surface area contributed by atoms with Crippen LogP contribution in [0.1, 0.15) is 32.6 Å². The highest BCUT2D eigenvalue weighted by molar-refractivity contribution is 6.39. The fraction of sp³-hybridized carbons (Fsp3) is 0.478. The highest BCUT2D eigenvalue weighted by Gasteiger charge is 2.31. The third-order valence-electron chi connectivity index (χ3n) is 6.10. The lowest BCUT2D eigenvalue weighted by Gasteiger charge is -2.36. The van der Waals surface area contributed by atoms with Gasteiger partial charge in [-0.15, -0.1) is 0 Å². The van der Waals surface area contributed by atoms with Crippen LogP contribution in [0.25, 0.3) is 0 Å². The molecule has 2 aromatic heterocycles. The van der Waals surface area contributed by atoms with Crippen LogP contribution < -0.4 is 9.80 Å². The first kappa shape index (κ1) is 25.7. The van der Waals surface area contributed by atoms with E-state index in [0.717, 1.165) is 63.2 Å². The zero-order valence-corrected chi connectivity index (χ0v) is 21.3. The molecular weight excluding hydrogens is 502 g/mol. The Bertz CT molecular complexity index is 1010. The molecule has 0 atom stereocenters. The van der Waals surface area contributed by atoms with Crippen molar-refractivity contribution in [3.63, 3.8) is 0 Å². The van der Waals surface area contributed by atoms with Gasteiger partial charge in [0.25, 0.3) is 0 Å². The van der Waals surface area contributed by atoms with Gasteiger partial charge >= 0.3 is 0 Å². The summed E-state index contributed by atoms with van der Waals surface area (Å²) in [5, 5.41) is 20.2. The second-order valence-corrected chi connectivity index (χ2v) is 10.1. The van der Waals surface area contributed by atoms with Gasteiger partial charge in [0.1, 0.15) is 0 Å². The summed E-state index contributed by atoms with van der Waals surface area (Å²) in [5.41, 5.74) is 1.46. The van der Waals surface area contributed by atoms with Crippen LogP contribution in [0.2, 0.25) is 20.1 Å². The average Bonchev–Trinajstić information content (AvgIpc) is 2.81. The van der Waals surface area contributed by atoms with Crippen molar-refractivity contribution in [3.8, 4) is 12.1 Å². The number of nitrogens with zero attached hydrogens (tertiary/aromatic N) is 6. The molecule has 0 N–H and O–H groups in total. The minimum Gasteiger partial charge on any atom is -0.369 e. The first-order valence-electron chi connectivity index (χ1n) is 10.7. The highest BCUT2D eigenvalue weighted by Crippen LogP contribution is 2.38. The van der Waals surface area contributed by atoms with Gasteiger partial charge in [0.2, 0.25) is 0 Å². The lowest BCUT2D eigenvalue weighted by atomic mass is 9.82. The van der Waals surface area contributed by atoms with Gasteiger partial charge in [-0.1, -0.05) is 46.4 Å². The molecule has 0 bridgehead atoms. The fourth-order valence-corrected chi connectivity index (χ4v) is 5.19. The third-order valence-corrected chi connectivity index (χ3v) is 7.21. The van der Waals surface area contributed by atoms with Gasteiger partial charge in [-0.05, 0) is 32.6 Å². The Morgan fingerprint density at radius 1 is 0.788 bits per heavy atom. The minimum atomic E-state index is -0.220. The molecule has 0 aliphatic carbocycles. The van der Waals surface area contributed by atoms with Crippen molar-refractivity contribution in [2.45, 2.75) is 32.6 Å². The van der Waals surface area contributed by atoms with Gasteiger partial charge < -0.3 is 9.80 Å². The van der Waals surface area contributed by atoms with Crippen LogP contribution in [-0.2, 0) is 0 Å². The number of halogens is 4. The van der Waals surface area contributed by atoms with E-state index in [1.807, 2.05) is 6.92 Å². The maximum Gasteiger partial charge on any atom is 0.0838 e. The zero-order chi connectivity index (χ0) is 24.0. The molecule has 0 aromatic carbocycles. The molecule has 0 radical (unpaired) electrons. The van der Waals surface area contributed by atoms with Crippen molar-refractivity contribution in [1.29, 1.82) is 10.5 Å². The van der Waals surface area contributed by atoms with E-state index in [1.165, 1.54) is 0 Å². The Morgan fingerprint density at radius 2 is 1.18 bits per heavy atom. The smallest absolute Gasteiger partial charge is 0.0838 e. The topological polar surface area (TPSA) is 79.8 Å². The predicted octanol–water partition coefficient (Wildman–Crippen LogP) is 6.65. The molecule has 2 aliphatic heterocycles. The fourth-order valence-electron chi connectivity index (χ4n) is 3.98. The minimum absolute atomic E-state index is 0.163. The number of anilines is 2. The van der Waals surface area contributed by atoms with E-state index in [1.54, 1.807) is 24.8 Å². The number of nitriles is 2. The summed E-state index contributed by atoms with van der Waals surface area (Å²) in [4.78, 5) is 12.1. The van der Waals surface area contributed by atoms with E-state index in [9.17, 15) is 0 Å². The van der Waals surface area contributed by atoms with E-state index in [-0.39, 0.29) is 11.3 Å². The number of hydrogen-bond acceptors (Lipinski definition) is 6. The van der Waals surface area contributed by atoms with Crippen molar-refractivity contribution in [2.24, 2.45) is 11.3 Å². The largest absolute Gasteiger partial charge is 0.369 e. The average molecular weight is 526 g/mol. The summed E-state index contributed by atoms with van der Waals surface area (Å²) < 4.78 is 0. The summed E-state index contributed by atoms with van der Waals surface area (Å²) in [5.74, 6) is 0.163. The van der Waals surface area contributed by atoms with Crippen LogP contribution in [0.5, 0.6) is 0 Å². The molecule has 2 aliphatic rings. The number of piperidine rings is 2. The zero-order valence-electron chi connectivity index (χ0n) is 18.2. The van der Waals surface area contributed by atoms with E-state index in [4.69, 9.17) is 56.9 Å². The van der Waals surface area contributed by atoms with Crippen LogP contribution in [0.4, 0.5) is 11.4 Å². The van der Waals surface area contributed by atoms with E-state index < -0.39 is 0 Å². The van der Waals surface area contributed by atoms with Gasteiger partial charge in [0.15, 0.2) is 0 Å². The Morgan fingerprint density at radius 3 is 1.55 bits per heavy atom. The molecule has 174 valence electrons. The molecule has 0 unspecified atom stereocenters. The molecule has 2 aromatic rings. The molecule has 2 saturated heterocycles. The second-order valence-electron chi connectivity index (χ2n) is 8.45. The van der Waals surface area contributed by atoms with Gasteiger partial charge in [-0.2, -0.15) is 10.5 Å². The normalized spacial score (nSPS) is 18.0. The molecular formula is C23H24Cl4N6. The maximum atomic E-state index is 9.09. The Hall–Kier alpha value is -1.96. The molecule has 0 amide bonds. The van der Waals surface area contributed by atoms with Crippen molar-refractivity contribution >= 4 is 57.8 Å². The lowest BCUT2D eigenvalue weighted by Crippen LogP contribution is -2.38. The first-order valence-corrected chi connectivity index (χ1v) is 12.2. The quantitative estimate of drug-likeness (QED) is 0.436. The summed E-state index contributed by atoms with van der Waals surface area (Å²) in [7, 11) is 0. The molecule has 0 spiro atoms. The van der Waals surface area contributed by atoms with Crippen molar-refractivity contribution in [2.75, 3.05) is 36.0 Å². The van der Waals surface area contributed by atoms with Crippen molar-refractivity contribution < 1.29 is 0 Å². The lowest BCUT2D eigenvalue weighted by molar-refractivity contribution is 0.337. The Balaban J connectivity index is 0.000000186. The number of aromatic nitrogens is 2. The van der Waals surface area contributed by atoms with Crippen molar-refractivity contribution in [1.82, 2.24) is 9.97 Å². The summed E-state index contributed by atoms with van der Waals surface area (Å²) >= 11 is 24.4. The Kier molecular flexibility index (Phi) is 8.90. The van der Waals surface area contributed by atoms with Crippen LogP contribution >= 0.6 is 46.4 Å². The molecule has 4 rings (SSSR count). The Labute approximate surface area is 214 Å². The second kappa shape index (κ2) is 11.4. The number of hydrogen-bond donors (Lipinski definition) is 0. The van der Waals surface area contributed by atoms with E-state index in [2.05, 4.69) is 31.9 Å². The number of pyridine rings is 2. The van der Waals surface area contributed by atoms with Crippen LogP contribution in [0, 0.1) is 34.0 Å². The van der Waals surface area contributed by atoms with Gasteiger partial charge in [0, 0.05) is 56.9 Å². The monoisotopic (exact) mass is 524 g/mol. The SMILES string of the molecule is CC1(C#N)CCN(c2c(Cl)cncc2Cl)CC1.N#CC1CCN(c2c(Cl)cncc2Cl)CC1. The van der Waals surface area contributed by atoms with Crippen LogP contribution in [0.15, 0.2) is 24.8 Å². The van der Waals surface area contributed by atoms with Gasteiger partial charge in [0.05, 0.1) is 49.0 Å². The van der Waals surface area contributed by atoms with E-state index in [0.29, 0.717) is 20.1 Å². The summed E-state index contributed by atoms with van der Waals surface area (Å²) in [6.07, 6.45) is 9.79. The highest BCUT2D eigenvalue weighted by atomic mass is 35.5. The molecule has 33 heavy (non-hydrogen) atoms. The standard InChI is InChI=1S/C12H13Cl2N3.C11H11Cl2N3/c1-12(8-15)2-4-17(5-3-12)11-9(13)6-16-7-10(11)14;12-9-6-15-7-10(13)11(9)16-3-1-8(5-14)2-4-16/h6-7H,2-5H2,1H3;6-8H,1-4H2. The third kappa shape index (κ3) is 6.34. The van der Waals surface area contributed by atoms with Gasteiger partial charge in [-0.25, -0.2) is 0 Å². The summed E-state index contributed by atoms with van der Waals surface area (Å²) in [6, 6.07) is 4.68. The first-order chi connectivity index (χ1) is 15.8. The molecule has 6 nitrogen and oxygen atoms in total. The molecule has 2 fully saturated rings. The molecule has 0 saturated carbocycles. The van der Waals surface area contributed by atoms with Crippen LogP contribution in [-0.4, -0.2) is 36.1 Å². The number of rotatable bonds is 2. The van der Waals surface area contributed by atoms with Gasteiger partial charge in [-0.3, -0.25) is 9.97 Å².